The van der Waals surface area contributed by atoms with Crippen molar-refractivity contribution in [3.8, 4) is 17.2 Å². The molecule has 1 aliphatic carbocycles. The van der Waals surface area contributed by atoms with Crippen molar-refractivity contribution in [1.29, 1.82) is 0 Å². The Balaban J connectivity index is 1.26. The Morgan fingerprint density at radius 2 is 1.71 bits per heavy atom. The van der Waals surface area contributed by atoms with Crippen LogP contribution in [0.15, 0.2) is 66.2 Å². The average molecular weight is 600 g/mol. The van der Waals surface area contributed by atoms with Crippen molar-refractivity contribution in [2.75, 3.05) is 33.2 Å². The number of alkyl halides is 1. The summed E-state index contributed by atoms with van der Waals surface area (Å²) in [6, 6.07) is 18.9. The third-order valence-electron chi connectivity index (χ3n) is 7.19. The molecule has 1 aliphatic heterocycles. The van der Waals surface area contributed by atoms with Gasteiger partial charge in [-0.3, -0.25) is 4.79 Å². The number of hydrogen-bond donors (Lipinski definition) is 1. The zero-order valence-corrected chi connectivity index (χ0v) is 24.4. The summed E-state index contributed by atoms with van der Waals surface area (Å²) in [6.07, 6.45) is 2.67. The number of nitrogens with one attached hydrogen (secondary N) is 1. The number of benzene rings is 3. The Labute approximate surface area is 250 Å². The van der Waals surface area contributed by atoms with Crippen LogP contribution in [-0.2, 0) is 11.3 Å². The van der Waals surface area contributed by atoms with Crippen LogP contribution < -0.4 is 19.5 Å². The van der Waals surface area contributed by atoms with Gasteiger partial charge in [0.25, 0.3) is 5.91 Å². The normalized spacial score (nSPS) is 15.0. The molecule has 0 spiro atoms. The number of carbonyl (C=O) groups is 1. The smallest absolute Gasteiger partial charge is 0.251 e. The third kappa shape index (κ3) is 7.34. The summed E-state index contributed by atoms with van der Waals surface area (Å²) in [5, 5.41) is 4.30. The molecule has 0 atom stereocenters. The minimum absolute atomic E-state index is 0.00986. The van der Waals surface area contributed by atoms with E-state index in [9.17, 15) is 9.18 Å². The Kier molecular flexibility index (Phi) is 9.70. The predicted octanol–water partition coefficient (Wildman–Crippen LogP) is 7.00. The lowest BCUT2D eigenvalue weighted by molar-refractivity contribution is -0.128. The number of amides is 1. The van der Waals surface area contributed by atoms with Gasteiger partial charge in [0.05, 0.1) is 10.0 Å². The topological polar surface area (TPSA) is 60.0 Å². The van der Waals surface area contributed by atoms with E-state index in [1.54, 1.807) is 24.3 Å². The van der Waals surface area contributed by atoms with Gasteiger partial charge in [-0.1, -0.05) is 53.5 Å². The van der Waals surface area contributed by atoms with Crippen LogP contribution in [0.25, 0.3) is 5.57 Å². The molecular weight excluding hydrogens is 566 g/mol. The number of nitrogens with zero attached hydrogens (tertiary/aromatic N) is 1. The maximum atomic E-state index is 13.9. The van der Waals surface area contributed by atoms with E-state index in [-0.39, 0.29) is 18.6 Å². The number of halogens is 3. The van der Waals surface area contributed by atoms with Crippen molar-refractivity contribution < 1.29 is 23.4 Å². The fourth-order valence-corrected chi connectivity index (χ4v) is 5.74. The molecule has 1 fully saturated rings. The van der Waals surface area contributed by atoms with Crippen molar-refractivity contribution in [3.63, 3.8) is 0 Å². The zero-order chi connectivity index (χ0) is 28.8. The maximum absolute atomic E-state index is 13.9. The van der Waals surface area contributed by atoms with Gasteiger partial charge >= 0.3 is 0 Å². The molecule has 0 radical (unpaired) electrons. The SMILES string of the molecule is Cc1cc(Cl)c(OCCOc2ccc(C3=C(C(=O)N(Cc4ccccc4OCF)C4CC4)CNCC3)cc2)c(Cl)c1. The summed E-state index contributed by atoms with van der Waals surface area (Å²) in [5.74, 6) is 1.63. The van der Waals surface area contributed by atoms with Gasteiger partial charge in [0, 0.05) is 30.3 Å². The first-order chi connectivity index (χ1) is 19.9. The van der Waals surface area contributed by atoms with Gasteiger partial charge < -0.3 is 24.4 Å². The summed E-state index contributed by atoms with van der Waals surface area (Å²) in [4.78, 5) is 15.8. The second-order valence-electron chi connectivity index (χ2n) is 10.2. The molecule has 0 saturated heterocycles. The first-order valence-corrected chi connectivity index (χ1v) is 14.5. The summed E-state index contributed by atoms with van der Waals surface area (Å²) < 4.78 is 29.7. The van der Waals surface area contributed by atoms with Crippen LogP contribution in [0.5, 0.6) is 17.2 Å². The summed E-state index contributed by atoms with van der Waals surface area (Å²) >= 11 is 12.5. The number of rotatable bonds is 12. The molecule has 9 heteroatoms. The molecule has 2 aliphatic rings. The van der Waals surface area contributed by atoms with Gasteiger partial charge in [0.2, 0.25) is 6.86 Å². The number of carbonyl (C=O) groups excluding carboxylic acids is 1. The fraction of sp³-hybridized carbons (Fsp3) is 0.344. The van der Waals surface area contributed by atoms with Crippen LogP contribution in [-0.4, -0.2) is 50.0 Å². The molecule has 0 aromatic heterocycles. The quantitative estimate of drug-likeness (QED) is 0.227. The lowest BCUT2D eigenvalue weighted by atomic mass is 9.93. The molecule has 1 heterocycles. The Morgan fingerprint density at radius 1 is 1.00 bits per heavy atom. The Hall–Kier alpha value is -3.26. The maximum Gasteiger partial charge on any atom is 0.251 e. The van der Waals surface area contributed by atoms with E-state index in [1.807, 2.05) is 48.2 Å². The largest absolute Gasteiger partial charge is 0.490 e. The van der Waals surface area contributed by atoms with E-state index >= 15 is 0 Å². The van der Waals surface area contributed by atoms with Gasteiger partial charge in [-0.2, -0.15) is 0 Å². The molecule has 0 bridgehead atoms. The third-order valence-corrected chi connectivity index (χ3v) is 7.75. The van der Waals surface area contributed by atoms with Crippen LogP contribution in [0.2, 0.25) is 10.0 Å². The van der Waals surface area contributed by atoms with Crippen molar-refractivity contribution in [2.24, 2.45) is 0 Å². The van der Waals surface area contributed by atoms with Crippen LogP contribution in [0.1, 0.15) is 36.0 Å². The van der Waals surface area contributed by atoms with Crippen molar-refractivity contribution >= 4 is 34.7 Å². The minimum atomic E-state index is -0.907. The molecule has 0 unspecified atom stereocenters. The molecule has 41 heavy (non-hydrogen) atoms. The molecule has 1 N–H and O–H groups in total. The molecule has 216 valence electrons. The number of hydrogen-bond acceptors (Lipinski definition) is 5. The molecule has 1 amide bonds. The molecular formula is C32H33Cl2FN2O4. The number of para-hydroxylation sites is 1. The monoisotopic (exact) mass is 598 g/mol. The fourth-order valence-electron chi connectivity index (χ4n) is 5.03. The van der Waals surface area contributed by atoms with E-state index in [0.29, 0.717) is 47.0 Å². The predicted molar refractivity (Wildman–Crippen MR) is 160 cm³/mol. The highest BCUT2D eigenvalue weighted by Crippen LogP contribution is 2.35. The second kappa shape index (κ2) is 13.6. The molecule has 3 aromatic rings. The second-order valence-corrected chi connectivity index (χ2v) is 11.0. The molecule has 3 aromatic carbocycles. The van der Waals surface area contributed by atoms with Gasteiger partial charge in [0.15, 0.2) is 5.75 Å². The van der Waals surface area contributed by atoms with E-state index < -0.39 is 6.86 Å². The van der Waals surface area contributed by atoms with Gasteiger partial charge in [-0.15, -0.1) is 0 Å². The van der Waals surface area contributed by atoms with Crippen LogP contribution in [0.4, 0.5) is 4.39 Å². The molecule has 5 rings (SSSR count). The highest BCUT2D eigenvalue weighted by Gasteiger charge is 2.35. The minimum Gasteiger partial charge on any atom is -0.490 e. The summed E-state index contributed by atoms with van der Waals surface area (Å²) in [6.45, 7) is 3.29. The number of ether oxygens (including phenoxy) is 3. The standard InChI is InChI=1S/C32H33Cl2FN2O4/c1-21-16-28(33)31(29(34)17-21)40-15-14-39-25-10-6-22(7-11-25)26-12-13-36-18-27(26)32(38)37(24-8-9-24)19-23-4-2-3-5-30(23)41-20-35/h2-7,10-11,16-17,24,36H,8-9,12-15,18-20H2,1H3. The van der Waals surface area contributed by atoms with E-state index in [2.05, 4.69) is 5.32 Å². The van der Waals surface area contributed by atoms with Gasteiger partial charge in [0.1, 0.15) is 24.7 Å². The lowest BCUT2D eigenvalue weighted by Crippen LogP contribution is -2.39. The lowest BCUT2D eigenvalue weighted by Gasteiger charge is -2.28. The van der Waals surface area contributed by atoms with Gasteiger partial charge in [-0.05, 0) is 79.8 Å². The van der Waals surface area contributed by atoms with E-state index in [4.69, 9.17) is 37.4 Å². The molecule has 6 nitrogen and oxygen atoms in total. The first kappa shape index (κ1) is 29.2. The van der Waals surface area contributed by atoms with Gasteiger partial charge in [-0.25, -0.2) is 4.39 Å². The highest BCUT2D eigenvalue weighted by atomic mass is 35.5. The van der Waals surface area contributed by atoms with Crippen LogP contribution in [0.3, 0.4) is 0 Å². The number of aryl methyl sites for hydroxylation is 1. The Morgan fingerprint density at radius 3 is 2.41 bits per heavy atom. The van der Waals surface area contributed by atoms with Crippen LogP contribution >= 0.6 is 23.2 Å². The van der Waals surface area contributed by atoms with Crippen molar-refractivity contribution in [3.05, 3.63) is 93.0 Å². The first-order valence-electron chi connectivity index (χ1n) is 13.8. The zero-order valence-electron chi connectivity index (χ0n) is 22.9. The average Bonchev–Trinajstić information content (AvgIpc) is 3.81. The van der Waals surface area contributed by atoms with Crippen molar-refractivity contribution in [2.45, 2.75) is 38.8 Å². The van der Waals surface area contributed by atoms with E-state index in [1.165, 1.54) is 0 Å². The summed E-state index contributed by atoms with van der Waals surface area (Å²) in [5.41, 5.74) is 4.56. The Bertz CT molecular complexity index is 1390. The van der Waals surface area contributed by atoms with E-state index in [0.717, 1.165) is 53.6 Å². The van der Waals surface area contributed by atoms with Crippen LogP contribution in [0, 0.1) is 6.92 Å². The van der Waals surface area contributed by atoms with Crippen molar-refractivity contribution in [1.82, 2.24) is 10.2 Å². The highest BCUT2D eigenvalue weighted by molar-refractivity contribution is 6.37. The molecule has 1 saturated carbocycles. The summed E-state index contributed by atoms with van der Waals surface area (Å²) in [7, 11) is 0.